The van der Waals surface area contributed by atoms with E-state index >= 15 is 0 Å². The molecule has 12 nitrogen and oxygen atoms in total. The van der Waals surface area contributed by atoms with Gasteiger partial charge in [0.1, 0.15) is 24.0 Å². The Morgan fingerprint density at radius 2 is 1.67 bits per heavy atom. The number of carbonyl (C=O) groups excluding carboxylic acids is 1. The summed E-state index contributed by atoms with van der Waals surface area (Å²) in [6.45, 7) is 5.81. The third-order valence-electron chi connectivity index (χ3n) is 7.65. The zero-order chi connectivity index (χ0) is 37.9. The van der Waals surface area contributed by atoms with Crippen molar-refractivity contribution < 1.29 is 59.0 Å². The number of aromatic nitrogens is 3. The Hall–Kier alpha value is -3.61. The fourth-order valence-electron chi connectivity index (χ4n) is 5.35. The smallest absolute Gasteiger partial charge is 0.416 e. The topological polar surface area (TPSA) is 137 Å². The van der Waals surface area contributed by atoms with Crippen molar-refractivity contribution in [2.45, 2.75) is 77.2 Å². The van der Waals surface area contributed by atoms with E-state index in [0.29, 0.717) is 22.1 Å². The number of alkyl halides is 6. The maximum Gasteiger partial charge on any atom is 0.416 e. The van der Waals surface area contributed by atoms with Gasteiger partial charge in [0.05, 0.1) is 42.5 Å². The van der Waals surface area contributed by atoms with Gasteiger partial charge in [-0.2, -0.15) is 26.3 Å². The van der Waals surface area contributed by atoms with Crippen molar-refractivity contribution in [1.29, 1.82) is 0 Å². The molecule has 0 spiro atoms. The number of nitrogens with zero attached hydrogens (tertiary/aromatic N) is 3. The third-order valence-corrected chi connectivity index (χ3v) is 9.94. The largest absolute Gasteiger partial charge is 0.462 e. The highest BCUT2D eigenvalue weighted by Crippen LogP contribution is 2.42. The lowest BCUT2D eigenvalue weighted by molar-refractivity contribution is -0.231. The van der Waals surface area contributed by atoms with Gasteiger partial charge in [-0.25, -0.2) is 14.3 Å². The number of halogens is 7. The zero-order valence-corrected chi connectivity index (χ0v) is 28.9. The first-order valence-corrected chi connectivity index (χ1v) is 17.4. The van der Waals surface area contributed by atoms with Crippen molar-refractivity contribution in [2.75, 3.05) is 26.6 Å². The summed E-state index contributed by atoms with van der Waals surface area (Å²) in [5.41, 5.74) is -3.99. The lowest BCUT2D eigenvalue weighted by Crippen LogP contribution is -2.46. The molecular formula is C31H37F7N5O7P. The van der Waals surface area contributed by atoms with Crippen LogP contribution in [0.4, 0.5) is 30.7 Å². The van der Waals surface area contributed by atoms with Crippen LogP contribution >= 0.6 is 7.44 Å². The van der Waals surface area contributed by atoms with Crippen molar-refractivity contribution in [2.24, 2.45) is 0 Å². The quantitative estimate of drug-likeness (QED) is 0.122. The van der Waals surface area contributed by atoms with E-state index in [2.05, 4.69) is 15.2 Å². The van der Waals surface area contributed by atoms with E-state index in [1.54, 1.807) is 18.7 Å². The second-order valence-electron chi connectivity index (χ2n) is 12.0. The fourth-order valence-corrected chi connectivity index (χ4v) is 7.30. The molecule has 51 heavy (non-hydrogen) atoms. The molecule has 1 saturated heterocycles. The van der Waals surface area contributed by atoms with Crippen LogP contribution in [0.2, 0.25) is 0 Å². The van der Waals surface area contributed by atoms with Gasteiger partial charge in [0.25, 0.3) is 7.44 Å². The number of morpholine rings is 1. The van der Waals surface area contributed by atoms with Crippen molar-refractivity contribution in [1.82, 2.24) is 24.5 Å². The van der Waals surface area contributed by atoms with E-state index in [4.69, 9.17) is 18.9 Å². The van der Waals surface area contributed by atoms with Gasteiger partial charge in [-0.05, 0) is 69.2 Å². The van der Waals surface area contributed by atoms with E-state index in [1.807, 2.05) is 0 Å². The summed E-state index contributed by atoms with van der Waals surface area (Å²) in [4.78, 5) is 29.7. The minimum Gasteiger partial charge on any atom is -0.462 e. The number of H-pyrrole nitrogens is 1. The molecule has 0 bridgehead atoms. The van der Waals surface area contributed by atoms with Crippen LogP contribution in [0.3, 0.4) is 0 Å². The van der Waals surface area contributed by atoms with Gasteiger partial charge in [0.15, 0.2) is 6.29 Å². The highest BCUT2D eigenvalue weighted by molar-refractivity contribution is 7.60. The van der Waals surface area contributed by atoms with Gasteiger partial charge >= 0.3 is 24.0 Å². The number of hydrogen-bond donors (Lipinski definition) is 2. The van der Waals surface area contributed by atoms with Crippen LogP contribution in [0.1, 0.15) is 67.9 Å². The molecule has 3 aromatic rings. The lowest BCUT2D eigenvalue weighted by Gasteiger charge is -2.41. The Labute approximate surface area is 287 Å². The Balaban J connectivity index is 1.66. The maximum atomic E-state index is 13.9. The third kappa shape index (κ3) is 10.0. The van der Waals surface area contributed by atoms with E-state index in [-0.39, 0.29) is 31.6 Å². The summed E-state index contributed by atoms with van der Waals surface area (Å²) < 4.78 is 132. The molecule has 1 aliphatic heterocycles. The van der Waals surface area contributed by atoms with Crippen LogP contribution in [0.15, 0.2) is 47.3 Å². The summed E-state index contributed by atoms with van der Waals surface area (Å²) in [5.74, 6) is -1.35. The molecule has 5 atom stereocenters. The van der Waals surface area contributed by atoms with Crippen LogP contribution in [-0.2, 0) is 47.2 Å². The minimum atomic E-state index is -5.08. The van der Waals surface area contributed by atoms with Crippen LogP contribution < -0.4 is 10.8 Å². The van der Waals surface area contributed by atoms with Crippen LogP contribution in [0, 0.1) is 5.82 Å². The molecule has 0 amide bonds. The SMILES string of the molecule is COCP(=O)(N[C@@H](C)C(=O)OC(C)C)n1nc(CN2CCOC(O[C@H](C)c3cc(C(F)(F)F)cc(C(F)(F)F)c3)[C@@H]2c2ccc(F)cc2)[nH]c1=O. The second kappa shape index (κ2) is 16.0. The molecule has 2 aromatic carbocycles. The molecule has 0 saturated carbocycles. The van der Waals surface area contributed by atoms with Crippen molar-refractivity contribution in [3.8, 4) is 0 Å². The van der Waals surface area contributed by atoms with Gasteiger partial charge in [-0.15, -0.1) is 9.55 Å². The molecule has 2 heterocycles. The number of methoxy groups -OCH3 is 1. The maximum absolute atomic E-state index is 13.9. The number of aromatic amines is 1. The van der Waals surface area contributed by atoms with Crippen LogP contribution in [0.25, 0.3) is 0 Å². The molecule has 2 N–H and O–H groups in total. The molecular weight excluding hydrogens is 718 g/mol. The average Bonchev–Trinajstić information content (AvgIpc) is 3.40. The van der Waals surface area contributed by atoms with Crippen LogP contribution in [-0.4, -0.2) is 70.4 Å². The minimum absolute atomic E-state index is 0.00921. The first kappa shape index (κ1) is 40.2. The first-order valence-electron chi connectivity index (χ1n) is 15.5. The summed E-state index contributed by atoms with van der Waals surface area (Å²) in [7, 11) is -2.82. The molecule has 0 aliphatic carbocycles. The Bertz CT molecular complexity index is 1730. The van der Waals surface area contributed by atoms with Crippen molar-refractivity contribution in [3.05, 3.63) is 86.8 Å². The second-order valence-corrected chi connectivity index (χ2v) is 14.3. The van der Waals surface area contributed by atoms with Gasteiger partial charge in [-0.1, -0.05) is 12.1 Å². The Morgan fingerprint density at radius 3 is 2.22 bits per heavy atom. The normalized spacial score (nSPS) is 19.9. The zero-order valence-electron chi connectivity index (χ0n) is 28.0. The number of hydrogen-bond acceptors (Lipinski definition) is 9. The van der Waals surface area contributed by atoms with Gasteiger partial charge in [0, 0.05) is 13.7 Å². The molecule has 1 aromatic heterocycles. The number of benzene rings is 2. The number of rotatable bonds is 13. The van der Waals surface area contributed by atoms with E-state index in [9.17, 15) is 44.9 Å². The average molecular weight is 756 g/mol. The summed E-state index contributed by atoms with van der Waals surface area (Å²) in [5, 5.41) is 6.79. The standard InChI is InChI=1S/C31H37F7N5O7P/c1-17(2)49-27(44)18(3)41-51(46,16-47-5)43-29(45)39-25(40-43)15-42-10-11-48-28(26(42)20-6-8-24(32)9-7-20)50-19(4)21-12-22(30(33,34)35)14-23(13-21)31(36,37)38/h6-9,12-14,17-19,26,28H,10-11,15-16H2,1-5H3,(H,41,46)(H,39,40,45)/t18-,19+,26-,28?,51?/m0/s1. The predicted octanol–water partition coefficient (Wildman–Crippen LogP) is 6.00. The number of nitrogens with one attached hydrogen (secondary N) is 2. The van der Waals surface area contributed by atoms with Crippen LogP contribution in [0.5, 0.6) is 0 Å². The number of ether oxygens (including phenoxy) is 4. The molecule has 4 rings (SSSR count). The highest BCUT2D eigenvalue weighted by atomic mass is 31.2. The van der Waals surface area contributed by atoms with E-state index < -0.39 is 90.9 Å². The highest BCUT2D eigenvalue weighted by Gasteiger charge is 2.40. The number of carbonyl (C=O) groups is 1. The predicted molar refractivity (Wildman–Crippen MR) is 167 cm³/mol. The van der Waals surface area contributed by atoms with Gasteiger partial charge < -0.3 is 18.9 Å². The Morgan fingerprint density at radius 1 is 1.06 bits per heavy atom. The van der Waals surface area contributed by atoms with E-state index in [1.165, 1.54) is 33.1 Å². The summed E-state index contributed by atoms with van der Waals surface area (Å²) in [6.07, 6.45) is -13.9. The Kier molecular flexibility index (Phi) is 12.6. The number of esters is 1. The van der Waals surface area contributed by atoms with Crippen molar-refractivity contribution >= 4 is 13.4 Å². The molecule has 20 heteroatoms. The molecule has 1 aliphatic rings. The molecule has 2 unspecified atom stereocenters. The summed E-state index contributed by atoms with van der Waals surface area (Å²) >= 11 is 0. The van der Waals surface area contributed by atoms with Crippen molar-refractivity contribution in [3.63, 3.8) is 0 Å². The first-order chi connectivity index (χ1) is 23.7. The lowest BCUT2D eigenvalue weighted by atomic mass is 10.0. The molecule has 1 fully saturated rings. The summed E-state index contributed by atoms with van der Waals surface area (Å²) in [6, 6.07) is 4.09. The fraction of sp³-hybridized carbons (Fsp3) is 0.516. The van der Waals surface area contributed by atoms with Gasteiger partial charge in [-0.3, -0.25) is 19.2 Å². The molecule has 282 valence electrons. The van der Waals surface area contributed by atoms with Gasteiger partial charge in [0.2, 0.25) is 0 Å². The molecule has 0 radical (unpaired) electrons. The van der Waals surface area contributed by atoms with E-state index in [0.717, 1.165) is 12.1 Å². The monoisotopic (exact) mass is 755 g/mol.